The first-order valence-corrected chi connectivity index (χ1v) is 11.6. The zero-order valence-corrected chi connectivity index (χ0v) is 19.6. The maximum absolute atomic E-state index is 15.3. The number of imidazole rings is 1. The van der Waals surface area contributed by atoms with E-state index in [1.165, 1.54) is 29.2 Å². The number of nitrogens with zero attached hydrogens (tertiary/aromatic N) is 7. The van der Waals surface area contributed by atoms with Gasteiger partial charge in [0.15, 0.2) is 11.6 Å². The number of tetrazole rings is 1. The molecule has 5 heterocycles. The number of hydrogen-bond acceptors (Lipinski definition) is 7. The van der Waals surface area contributed by atoms with Gasteiger partial charge >= 0.3 is 0 Å². The Labute approximate surface area is 217 Å². The Morgan fingerprint density at radius 3 is 2.89 bits per heavy atom. The summed E-state index contributed by atoms with van der Waals surface area (Å²) in [5.74, 6) is -1.98. The molecule has 2 N–H and O–H groups in total. The number of carbonyl (C=O) groups excluding carboxylic acids is 1. The predicted octanol–water partition coefficient (Wildman–Crippen LogP) is 3.39. The Hall–Kier alpha value is -4.03. The molecule has 10 nitrogen and oxygen atoms in total. The molecule has 6 rings (SSSR count). The van der Waals surface area contributed by atoms with Crippen LogP contribution >= 0.6 is 11.6 Å². The molecule has 2 atom stereocenters. The van der Waals surface area contributed by atoms with Gasteiger partial charge in [-0.05, 0) is 53.5 Å². The molecule has 37 heavy (non-hydrogen) atoms. The maximum atomic E-state index is 15.3. The number of aromatic amines is 1. The number of aromatic nitrogens is 7. The van der Waals surface area contributed by atoms with Crippen molar-refractivity contribution in [2.24, 2.45) is 0 Å². The van der Waals surface area contributed by atoms with Gasteiger partial charge < -0.3 is 15.0 Å². The summed E-state index contributed by atoms with van der Waals surface area (Å²) in [4.78, 5) is 25.7. The van der Waals surface area contributed by atoms with Crippen LogP contribution in [0.5, 0.6) is 0 Å². The van der Waals surface area contributed by atoms with E-state index in [2.05, 4.69) is 30.5 Å². The summed E-state index contributed by atoms with van der Waals surface area (Å²) in [6.45, 7) is -3.03. The van der Waals surface area contributed by atoms with Crippen molar-refractivity contribution in [3.8, 4) is 16.9 Å². The number of aliphatic hydroxyl groups is 1. The summed E-state index contributed by atoms with van der Waals surface area (Å²) in [5.41, 5.74) is -0.174. The standard InChI is InChI=1S/C24H19ClF2N8O2/c25-15-2-4-18(34-11-30-32-33-34)21(23(15)27)12-7-13-1-3-19(35(13)20(37)8-12)24-29-9-16(31-24)14-5-6-28-17(10-36)22(14)26/h2,4-6,8-9,11,13,19,36H,1,3,7,10H2,(H,29,31)/t13-,19+/m1/s1/i9D,10D2. The van der Waals surface area contributed by atoms with Crippen molar-refractivity contribution < 1.29 is 22.8 Å². The van der Waals surface area contributed by atoms with Gasteiger partial charge in [0.05, 0.1) is 39.3 Å². The number of carbonyl (C=O) groups is 1. The van der Waals surface area contributed by atoms with E-state index in [1.54, 1.807) is 11.0 Å². The second-order valence-corrected chi connectivity index (χ2v) is 9.03. The molecule has 0 bridgehead atoms. The zero-order chi connectivity index (χ0) is 28.3. The SMILES string of the molecule is [2H]c1nc([C@@H]2CC[C@@H]3CC(c4c(-n5cnnn5)ccc(Cl)c4F)=CC(=O)N32)[nH]c1-c1ccnc(C([2H])([2H])O)c1F. The van der Waals surface area contributed by atoms with Crippen molar-refractivity contribution in [1.29, 1.82) is 0 Å². The maximum Gasteiger partial charge on any atom is 0.247 e. The monoisotopic (exact) mass is 527 g/mol. The van der Waals surface area contributed by atoms with Crippen LogP contribution in [0.15, 0.2) is 43.0 Å². The van der Waals surface area contributed by atoms with Crippen LogP contribution in [0.25, 0.3) is 22.5 Å². The first-order chi connectivity index (χ1) is 19.0. The van der Waals surface area contributed by atoms with E-state index in [-0.39, 0.29) is 39.9 Å². The molecule has 2 aliphatic heterocycles. The summed E-state index contributed by atoms with van der Waals surface area (Å²) in [6, 6.07) is 3.31. The summed E-state index contributed by atoms with van der Waals surface area (Å²) in [7, 11) is 0. The Balaban J connectivity index is 1.35. The molecule has 188 valence electrons. The van der Waals surface area contributed by atoms with E-state index in [0.29, 0.717) is 30.5 Å². The molecule has 1 fully saturated rings. The van der Waals surface area contributed by atoms with Crippen molar-refractivity contribution in [2.45, 2.75) is 37.9 Å². The highest BCUT2D eigenvalue weighted by Crippen LogP contribution is 2.44. The minimum Gasteiger partial charge on any atom is -0.390 e. The van der Waals surface area contributed by atoms with Gasteiger partial charge in [-0.15, -0.1) is 5.10 Å². The lowest BCUT2D eigenvalue weighted by atomic mass is 9.92. The van der Waals surface area contributed by atoms with E-state index in [0.717, 1.165) is 6.20 Å². The van der Waals surface area contributed by atoms with Gasteiger partial charge in [-0.2, -0.15) is 4.68 Å². The van der Waals surface area contributed by atoms with Crippen LogP contribution in [0.4, 0.5) is 8.78 Å². The fraction of sp³-hybridized carbons (Fsp3) is 0.250. The Morgan fingerprint density at radius 2 is 2.11 bits per heavy atom. The van der Waals surface area contributed by atoms with Gasteiger partial charge in [0.25, 0.3) is 0 Å². The highest BCUT2D eigenvalue weighted by Gasteiger charge is 2.42. The molecule has 2 aliphatic rings. The van der Waals surface area contributed by atoms with Crippen molar-refractivity contribution in [3.63, 3.8) is 0 Å². The molecule has 0 unspecified atom stereocenters. The molecule has 0 aliphatic carbocycles. The number of rotatable bonds is 5. The fourth-order valence-corrected chi connectivity index (χ4v) is 5.16. The number of halogens is 3. The van der Waals surface area contributed by atoms with Crippen LogP contribution < -0.4 is 0 Å². The van der Waals surface area contributed by atoms with Crippen molar-refractivity contribution in [1.82, 2.24) is 40.1 Å². The van der Waals surface area contributed by atoms with Crippen LogP contribution in [-0.4, -0.2) is 57.1 Å². The average molecular weight is 528 g/mol. The number of H-pyrrole nitrogens is 1. The Kier molecular flexibility index (Phi) is 4.95. The molecule has 1 amide bonds. The largest absolute Gasteiger partial charge is 0.390 e. The molecule has 3 aromatic heterocycles. The third-order valence-electron chi connectivity index (χ3n) is 6.62. The lowest BCUT2D eigenvalue weighted by Gasteiger charge is -2.33. The first kappa shape index (κ1) is 20.1. The third-order valence-corrected chi connectivity index (χ3v) is 6.91. The quantitative estimate of drug-likeness (QED) is 0.407. The second-order valence-electron chi connectivity index (χ2n) is 8.62. The minimum atomic E-state index is -3.03. The molecular weight excluding hydrogens is 506 g/mol. The molecule has 0 spiro atoms. The second kappa shape index (κ2) is 9.12. The third kappa shape index (κ3) is 3.89. The molecule has 1 aromatic carbocycles. The van der Waals surface area contributed by atoms with Gasteiger partial charge in [-0.1, -0.05) is 11.6 Å². The van der Waals surface area contributed by atoms with Gasteiger partial charge in [0, 0.05) is 29.4 Å². The lowest BCUT2D eigenvalue weighted by molar-refractivity contribution is -0.129. The smallest absolute Gasteiger partial charge is 0.247 e. The highest BCUT2D eigenvalue weighted by molar-refractivity contribution is 6.31. The van der Waals surface area contributed by atoms with E-state index in [1.807, 2.05) is 0 Å². The number of nitrogens with one attached hydrogen (secondary N) is 1. The number of amides is 1. The van der Waals surface area contributed by atoms with E-state index in [4.69, 9.17) is 15.7 Å². The van der Waals surface area contributed by atoms with Crippen LogP contribution in [0.2, 0.25) is 5.02 Å². The Bertz CT molecular complexity index is 1680. The van der Waals surface area contributed by atoms with E-state index in [9.17, 15) is 9.90 Å². The van der Waals surface area contributed by atoms with Gasteiger partial charge in [-0.3, -0.25) is 9.78 Å². The summed E-state index contributed by atoms with van der Waals surface area (Å²) in [5, 5.41) is 20.5. The van der Waals surface area contributed by atoms with E-state index < -0.39 is 35.8 Å². The average Bonchev–Trinajstić information content (AvgIpc) is 3.65. The molecule has 13 heteroatoms. The van der Waals surface area contributed by atoms with E-state index >= 15 is 8.78 Å². The molecule has 1 saturated heterocycles. The minimum absolute atomic E-state index is 0.0448. The van der Waals surface area contributed by atoms with Crippen LogP contribution in [0.3, 0.4) is 0 Å². The van der Waals surface area contributed by atoms with Crippen molar-refractivity contribution >= 4 is 23.1 Å². The van der Waals surface area contributed by atoms with Crippen molar-refractivity contribution in [2.75, 3.05) is 0 Å². The zero-order valence-electron chi connectivity index (χ0n) is 21.9. The number of pyridine rings is 1. The van der Waals surface area contributed by atoms with Crippen molar-refractivity contribution in [3.05, 3.63) is 76.7 Å². The van der Waals surface area contributed by atoms with Crippen LogP contribution in [0, 0.1) is 11.6 Å². The Morgan fingerprint density at radius 1 is 1.24 bits per heavy atom. The number of benzene rings is 1. The molecule has 0 radical (unpaired) electrons. The number of hydrogen-bond donors (Lipinski definition) is 2. The first-order valence-electron chi connectivity index (χ1n) is 12.7. The fourth-order valence-electron chi connectivity index (χ4n) is 5.00. The van der Waals surface area contributed by atoms with Gasteiger partial charge in [0.2, 0.25) is 5.91 Å². The normalized spacial score (nSPS) is 20.9. The van der Waals surface area contributed by atoms with Crippen LogP contribution in [-0.2, 0) is 11.4 Å². The van der Waals surface area contributed by atoms with Gasteiger partial charge in [-0.25, -0.2) is 13.8 Å². The summed E-state index contributed by atoms with van der Waals surface area (Å²) < 4.78 is 54.7. The topological polar surface area (TPSA) is 126 Å². The highest BCUT2D eigenvalue weighted by atomic mass is 35.5. The summed E-state index contributed by atoms with van der Waals surface area (Å²) in [6.07, 6.45) is 4.78. The van der Waals surface area contributed by atoms with Crippen LogP contribution in [0.1, 0.15) is 46.5 Å². The molecule has 0 saturated carbocycles. The van der Waals surface area contributed by atoms with Gasteiger partial charge in [0.1, 0.15) is 17.8 Å². The lowest BCUT2D eigenvalue weighted by Crippen LogP contribution is -2.39. The molecule has 4 aromatic rings. The number of fused-ring (bicyclic) bond motifs is 1. The predicted molar refractivity (Wildman–Crippen MR) is 127 cm³/mol. The molecular formula is C24H19ClF2N8O2. The summed E-state index contributed by atoms with van der Waals surface area (Å²) >= 11 is 6.08.